The molecule has 0 aliphatic carbocycles. The fourth-order valence-corrected chi connectivity index (χ4v) is 3.23. The average molecular weight is 382 g/mol. The molecular weight excluding hydrogens is 371 g/mol. The van der Waals surface area contributed by atoms with E-state index in [2.05, 4.69) is 15.6 Å². The summed E-state index contributed by atoms with van der Waals surface area (Å²) in [6.45, 7) is -0.383. The molecule has 1 aromatic heterocycles. The molecule has 0 atom stereocenters. The minimum atomic E-state index is -0.599. The average Bonchev–Trinajstić information content (AvgIpc) is 2.67. The molecule has 2 heterocycles. The standard InChI is InChI=1S/C17H11FN6O2S/c18-12-5-10(6-19)1-2-11(12)8-22-15(25)9-24-17(26)23-13-3-4-21-14(7-20)16(13)27-24/h1-5H,8-9H2,(H,22,25)(H,23,26). The number of benzene rings is 1. The molecule has 0 saturated heterocycles. The quantitative estimate of drug-likeness (QED) is 0.781. The van der Waals surface area contributed by atoms with Crippen LogP contribution in [0.15, 0.2) is 35.4 Å². The summed E-state index contributed by atoms with van der Waals surface area (Å²) < 4.78 is 15.0. The van der Waals surface area contributed by atoms with Gasteiger partial charge >= 0.3 is 6.03 Å². The van der Waals surface area contributed by atoms with Gasteiger partial charge in [0.1, 0.15) is 18.4 Å². The molecule has 3 rings (SSSR count). The highest BCUT2D eigenvalue weighted by Gasteiger charge is 2.28. The Morgan fingerprint density at radius 2 is 2.15 bits per heavy atom. The molecule has 2 N–H and O–H groups in total. The Balaban J connectivity index is 1.64. The summed E-state index contributed by atoms with van der Waals surface area (Å²) in [6.07, 6.45) is 1.41. The third-order valence-electron chi connectivity index (χ3n) is 3.63. The molecule has 1 aliphatic rings. The van der Waals surface area contributed by atoms with Gasteiger partial charge in [-0.2, -0.15) is 10.5 Å². The second-order valence-corrected chi connectivity index (χ2v) is 6.43. The number of nitriles is 2. The molecule has 2 aromatic rings. The molecule has 0 unspecified atom stereocenters. The number of urea groups is 1. The van der Waals surface area contributed by atoms with Crippen molar-refractivity contribution in [2.45, 2.75) is 11.4 Å². The Bertz CT molecular complexity index is 1010. The number of amides is 3. The van der Waals surface area contributed by atoms with Crippen molar-refractivity contribution < 1.29 is 14.0 Å². The summed E-state index contributed by atoms with van der Waals surface area (Å²) in [5.74, 6) is -1.11. The second kappa shape index (κ2) is 7.72. The van der Waals surface area contributed by atoms with Crippen LogP contribution in [0.3, 0.4) is 0 Å². The van der Waals surface area contributed by atoms with E-state index in [1.807, 2.05) is 12.1 Å². The molecule has 3 amide bonds. The lowest BCUT2D eigenvalue weighted by molar-refractivity contribution is -0.121. The number of hydrogen-bond donors (Lipinski definition) is 2. The molecule has 0 spiro atoms. The lowest BCUT2D eigenvalue weighted by Crippen LogP contribution is -2.40. The summed E-state index contributed by atoms with van der Waals surface area (Å²) in [5, 5.41) is 22.9. The number of carbonyl (C=O) groups is 2. The van der Waals surface area contributed by atoms with Gasteiger partial charge in [0.15, 0.2) is 5.69 Å². The summed E-state index contributed by atoms with van der Waals surface area (Å²) in [7, 11) is 0. The normalized spacial score (nSPS) is 12.4. The minimum Gasteiger partial charge on any atom is -0.350 e. The third kappa shape index (κ3) is 3.97. The largest absolute Gasteiger partial charge is 0.350 e. The maximum atomic E-state index is 13.8. The fourth-order valence-electron chi connectivity index (χ4n) is 2.29. The molecular formula is C17H11FN6O2S. The van der Waals surface area contributed by atoms with Gasteiger partial charge in [0.2, 0.25) is 5.91 Å². The number of fused-ring (bicyclic) bond motifs is 1. The van der Waals surface area contributed by atoms with E-state index in [0.29, 0.717) is 10.6 Å². The van der Waals surface area contributed by atoms with E-state index >= 15 is 0 Å². The van der Waals surface area contributed by atoms with Gasteiger partial charge in [-0.05, 0) is 30.1 Å². The van der Waals surface area contributed by atoms with E-state index < -0.39 is 17.8 Å². The molecule has 10 heteroatoms. The van der Waals surface area contributed by atoms with Crippen molar-refractivity contribution in [3.8, 4) is 12.1 Å². The SMILES string of the molecule is N#Cc1ccc(CNC(=O)CN2Sc3c(ccnc3C#N)NC2=O)c(F)c1. The number of halogens is 1. The Hall–Kier alpha value is -3.63. The van der Waals surface area contributed by atoms with E-state index in [4.69, 9.17) is 10.5 Å². The van der Waals surface area contributed by atoms with Gasteiger partial charge in [0.25, 0.3) is 0 Å². The summed E-state index contributed by atoms with van der Waals surface area (Å²) in [6, 6.07) is 8.76. The predicted molar refractivity (Wildman–Crippen MR) is 93.5 cm³/mol. The van der Waals surface area contributed by atoms with Crippen molar-refractivity contribution in [3.05, 3.63) is 53.1 Å². The van der Waals surface area contributed by atoms with Gasteiger partial charge in [-0.1, -0.05) is 6.07 Å². The molecule has 27 heavy (non-hydrogen) atoms. The van der Waals surface area contributed by atoms with E-state index in [-0.39, 0.29) is 29.9 Å². The molecule has 1 aliphatic heterocycles. The molecule has 0 radical (unpaired) electrons. The Morgan fingerprint density at radius 3 is 2.85 bits per heavy atom. The van der Waals surface area contributed by atoms with Crippen LogP contribution in [0.5, 0.6) is 0 Å². The highest BCUT2D eigenvalue weighted by atomic mass is 32.2. The van der Waals surface area contributed by atoms with Crippen molar-refractivity contribution in [2.75, 3.05) is 11.9 Å². The van der Waals surface area contributed by atoms with Crippen LogP contribution in [0.25, 0.3) is 0 Å². The lowest BCUT2D eigenvalue weighted by Gasteiger charge is -2.27. The Labute approximate surface area is 157 Å². The first-order valence-electron chi connectivity index (χ1n) is 7.62. The number of hydrogen-bond acceptors (Lipinski definition) is 6. The highest BCUT2D eigenvalue weighted by Crippen LogP contribution is 2.36. The zero-order chi connectivity index (χ0) is 19.4. The molecule has 0 saturated carbocycles. The van der Waals surface area contributed by atoms with Gasteiger partial charge in [0.05, 0.1) is 22.2 Å². The van der Waals surface area contributed by atoms with Crippen LogP contribution in [-0.2, 0) is 11.3 Å². The topological polar surface area (TPSA) is 122 Å². The molecule has 8 nitrogen and oxygen atoms in total. The monoisotopic (exact) mass is 382 g/mol. The number of rotatable bonds is 4. The zero-order valence-corrected chi connectivity index (χ0v) is 14.5. The summed E-state index contributed by atoms with van der Waals surface area (Å²) in [5.41, 5.74) is 0.999. The lowest BCUT2D eigenvalue weighted by atomic mass is 10.1. The smallest absolute Gasteiger partial charge is 0.332 e. The highest BCUT2D eigenvalue weighted by molar-refractivity contribution is 7.97. The van der Waals surface area contributed by atoms with Gasteiger partial charge < -0.3 is 10.6 Å². The van der Waals surface area contributed by atoms with Gasteiger partial charge in [-0.3, -0.25) is 9.10 Å². The number of aromatic nitrogens is 1. The van der Waals surface area contributed by atoms with Crippen LogP contribution < -0.4 is 10.6 Å². The van der Waals surface area contributed by atoms with Crippen LogP contribution in [0.2, 0.25) is 0 Å². The minimum absolute atomic E-state index is 0.0852. The molecule has 134 valence electrons. The number of pyridine rings is 1. The van der Waals surface area contributed by atoms with Crippen LogP contribution in [-0.4, -0.2) is 27.8 Å². The first-order valence-corrected chi connectivity index (χ1v) is 8.40. The van der Waals surface area contributed by atoms with E-state index in [1.54, 1.807) is 6.07 Å². The van der Waals surface area contributed by atoms with Gasteiger partial charge in [-0.25, -0.2) is 14.2 Å². The van der Waals surface area contributed by atoms with Crippen LogP contribution in [0, 0.1) is 28.5 Å². The van der Waals surface area contributed by atoms with Gasteiger partial charge in [0, 0.05) is 18.3 Å². The number of nitrogens with one attached hydrogen (secondary N) is 2. The summed E-state index contributed by atoms with van der Waals surface area (Å²) in [4.78, 5) is 28.6. The van der Waals surface area contributed by atoms with Crippen molar-refractivity contribution >= 4 is 29.6 Å². The molecule has 1 aromatic carbocycles. The van der Waals surface area contributed by atoms with E-state index in [1.165, 1.54) is 18.3 Å². The maximum Gasteiger partial charge on any atom is 0.332 e. The van der Waals surface area contributed by atoms with E-state index in [0.717, 1.165) is 22.3 Å². The molecule has 0 fully saturated rings. The van der Waals surface area contributed by atoms with Crippen molar-refractivity contribution in [1.82, 2.24) is 14.6 Å². The summed E-state index contributed by atoms with van der Waals surface area (Å²) >= 11 is 0.940. The number of carbonyl (C=O) groups excluding carboxylic acids is 2. The Morgan fingerprint density at radius 1 is 1.33 bits per heavy atom. The van der Waals surface area contributed by atoms with Crippen molar-refractivity contribution in [3.63, 3.8) is 0 Å². The van der Waals surface area contributed by atoms with E-state index in [9.17, 15) is 14.0 Å². The second-order valence-electron chi connectivity index (χ2n) is 5.40. The third-order valence-corrected chi connectivity index (χ3v) is 4.74. The fraction of sp³-hybridized carbons (Fsp3) is 0.118. The molecule has 0 bridgehead atoms. The maximum absolute atomic E-state index is 13.8. The van der Waals surface area contributed by atoms with Crippen LogP contribution >= 0.6 is 11.9 Å². The first-order chi connectivity index (χ1) is 13.0. The predicted octanol–water partition coefficient (Wildman–Crippen LogP) is 2.14. The van der Waals surface area contributed by atoms with Gasteiger partial charge in [-0.15, -0.1) is 0 Å². The number of anilines is 1. The Kier molecular flexibility index (Phi) is 5.20. The number of nitrogens with zero attached hydrogens (tertiary/aromatic N) is 4. The van der Waals surface area contributed by atoms with Crippen LogP contribution in [0.1, 0.15) is 16.8 Å². The van der Waals surface area contributed by atoms with Crippen molar-refractivity contribution in [1.29, 1.82) is 10.5 Å². The van der Waals surface area contributed by atoms with Crippen LogP contribution in [0.4, 0.5) is 14.9 Å². The van der Waals surface area contributed by atoms with Crippen molar-refractivity contribution in [2.24, 2.45) is 0 Å². The first kappa shape index (κ1) is 18.2. The zero-order valence-electron chi connectivity index (χ0n) is 13.7.